The number of amides is 4. The van der Waals surface area contributed by atoms with Crippen LogP contribution in [0.1, 0.15) is 42.7 Å². The van der Waals surface area contributed by atoms with Gasteiger partial charge in [0.2, 0.25) is 11.8 Å². The second kappa shape index (κ2) is 13.4. The molecule has 3 heterocycles. The van der Waals surface area contributed by atoms with Gasteiger partial charge in [0.05, 0.1) is 24.1 Å². The van der Waals surface area contributed by atoms with Crippen molar-refractivity contribution >= 4 is 52.5 Å². The third-order valence-corrected chi connectivity index (χ3v) is 13.1. The van der Waals surface area contributed by atoms with Gasteiger partial charge in [-0.3, -0.25) is 29.0 Å². The number of rotatable bonds is 8. The lowest BCUT2D eigenvalue weighted by Gasteiger charge is -2.51. The standard InChI is InChI=1S/C40H38Cl2FN3O6/c41-39-22-31-28(14-15-30-33(31)36(49)45(35(30)48)27-16-18-44(19-17-27)23-24-6-2-1-3-7-24)34(29-8-4-5-9-32(29)52-21-20-47)40(39,42)38(51)46(37(39)50)26-12-10-25(43)11-13-26/h1-14,27,30-31,33-34,47H,15-23H2. The summed E-state index contributed by atoms with van der Waals surface area (Å²) in [5.41, 5.74) is 2.43. The Bertz CT molecular complexity index is 1950. The zero-order valence-electron chi connectivity index (χ0n) is 28.3. The molecule has 4 fully saturated rings. The number of hydrogen-bond donors (Lipinski definition) is 1. The number of benzene rings is 3. The zero-order valence-corrected chi connectivity index (χ0v) is 29.8. The highest BCUT2D eigenvalue weighted by molar-refractivity contribution is 6.58. The SMILES string of the molecule is O=C1C2CC=C3C(CC4(Cl)C(=O)N(c5ccc(F)cc5)C(=O)C4(Cl)C3c3ccccc3OCCO)C2C(=O)N1C1CCN(Cc2ccccc2)CC1. The summed E-state index contributed by atoms with van der Waals surface area (Å²) in [5, 5.41) is 9.59. The van der Waals surface area contributed by atoms with Gasteiger partial charge in [-0.25, -0.2) is 9.29 Å². The van der Waals surface area contributed by atoms with Gasteiger partial charge < -0.3 is 9.84 Å². The lowest BCUT2D eigenvalue weighted by Crippen LogP contribution is -2.60. The Kier molecular flexibility index (Phi) is 9.01. The van der Waals surface area contributed by atoms with Crippen LogP contribution in [0.15, 0.2) is 90.5 Å². The number of hydrogen-bond acceptors (Lipinski definition) is 7. The number of carbonyl (C=O) groups excluding carboxylic acids is 4. The van der Waals surface area contributed by atoms with Crippen LogP contribution in [0.4, 0.5) is 10.1 Å². The van der Waals surface area contributed by atoms with Crippen molar-refractivity contribution in [1.29, 1.82) is 0 Å². The maximum atomic E-state index is 14.6. The van der Waals surface area contributed by atoms with Gasteiger partial charge in [-0.1, -0.05) is 60.2 Å². The van der Waals surface area contributed by atoms with Gasteiger partial charge in [0.15, 0.2) is 9.75 Å². The molecule has 3 aromatic carbocycles. The van der Waals surface area contributed by atoms with Crippen molar-refractivity contribution in [2.75, 3.05) is 31.2 Å². The second-order valence-corrected chi connectivity index (χ2v) is 15.6. The smallest absolute Gasteiger partial charge is 0.258 e. The van der Waals surface area contributed by atoms with Crippen LogP contribution in [0.5, 0.6) is 5.75 Å². The van der Waals surface area contributed by atoms with Gasteiger partial charge >= 0.3 is 0 Å². The molecule has 4 amide bonds. The largest absolute Gasteiger partial charge is 0.491 e. The van der Waals surface area contributed by atoms with Gasteiger partial charge in [0.1, 0.15) is 18.2 Å². The highest BCUT2D eigenvalue weighted by atomic mass is 35.5. The predicted octanol–water partition coefficient (Wildman–Crippen LogP) is 5.42. The molecule has 270 valence electrons. The number of nitrogens with zero attached hydrogens (tertiary/aromatic N) is 3. The first-order valence-corrected chi connectivity index (χ1v) is 18.5. The van der Waals surface area contributed by atoms with Crippen molar-refractivity contribution in [1.82, 2.24) is 9.80 Å². The van der Waals surface area contributed by atoms with E-state index in [0.29, 0.717) is 29.7 Å². The van der Waals surface area contributed by atoms with Crippen LogP contribution in [0.3, 0.4) is 0 Å². The number of para-hydroxylation sites is 1. The summed E-state index contributed by atoms with van der Waals surface area (Å²) in [5.74, 6) is -5.45. The van der Waals surface area contributed by atoms with E-state index in [0.717, 1.165) is 36.7 Å². The molecule has 0 aromatic heterocycles. The van der Waals surface area contributed by atoms with Gasteiger partial charge in [-0.2, -0.15) is 0 Å². The van der Waals surface area contributed by atoms with Crippen molar-refractivity contribution in [3.8, 4) is 5.75 Å². The van der Waals surface area contributed by atoms with Crippen molar-refractivity contribution in [3.63, 3.8) is 0 Å². The van der Waals surface area contributed by atoms with Crippen LogP contribution in [-0.4, -0.2) is 80.6 Å². The molecule has 0 radical (unpaired) electrons. The number of ether oxygens (including phenoxy) is 1. The Hall–Kier alpha value is -4.09. The van der Waals surface area contributed by atoms with E-state index < -0.39 is 51.1 Å². The average Bonchev–Trinajstić information content (AvgIpc) is 3.49. The third kappa shape index (κ3) is 5.32. The Morgan fingerprint density at radius 3 is 2.25 bits per heavy atom. The zero-order chi connectivity index (χ0) is 36.4. The molecule has 3 saturated heterocycles. The fourth-order valence-corrected chi connectivity index (χ4v) is 10.2. The highest BCUT2D eigenvalue weighted by Crippen LogP contribution is 2.66. The Morgan fingerprint density at radius 2 is 1.54 bits per heavy atom. The number of imide groups is 2. The number of likely N-dealkylation sites (tertiary alicyclic amines) is 2. The first-order chi connectivity index (χ1) is 25.1. The fourth-order valence-electron chi connectivity index (χ4n) is 9.31. The quantitative estimate of drug-likeness (QED) is 0.186. The molecule has 5 aliphatic rings. The predicted molar refractivity (Wildman–Crippen MR) is 192 cm³/mol. The summed E-state index contributed by atoms with van der Waals surface area (Å²) < 4.78 is 19.9. The first kappa shape index (κ1) is 35.0. The van der Waals surface area contributed by atoms with Crippen molar-refractivity contribution in [2.45, 2.75) is 53.9 Å². The summed E-state index contributed by atoms with van der Waals surface area (Å²) in [6.07, 6.45) is 3.29. The number of alkyl halides is 2. The molecule has 0 spiro atoms. The van der Waals surface area contributed by atoms with E-state index in [2.05, 4.69) is 17.0 Å². The topological polar surface area (TPSA) is 107 Å². The molecule has 3 aliphatic heterocycles. The summed E-state index contributed by atoms with van der Waals surface area (Å²) in [4.78, 5) is 58.5. The number of fused-ring (bicyclic) bond motifs is 4. The van der Waals surface area contributed by atoms with Gasteiger partial charge in [0.25, 0.3) is 11.8 Å². The molecule has 6 atom stereocenters. The number of piperidine rings is 1. The van der Waals surface area contributed by atoms with E-state index in [9.17, 15) is 28.7 Å². The number of allylic oxidation sites excluding steroid dienone is 2. The fraction of sp³-hybridized carbons (Fsp3) is 0.400. The second-order valence-electron chi connectivity index (χ2n) is 14.4. The third-order valence-electron chi connectivity index (χ3n) is 11.7. The maximum absolute atomic E-state index is 14.6. The number of carbonyl (C=O) groups is 4. The van der Waals surface area contributed by atoms with Gasteiger partial charge in [-0.15, -0.1) is 23.2 Å². The molecule has 3 aromatic rings. The molecule has 6 unspecified atom stereocenters. The Labute approximate surface area is 310 Å². The van der Waals surface area contributed by atoms with Crippen LogP contribution in [0.25, 0.3) is 0 Å². The molecule has 12 heteroatoms. The first-order valence-electron chi connectivity index (χ1n) is 17.8. The van der Waals surface area contributed by atoms with Gasteiger partial charge in [-0.05, 0) is 67.5 Å². The van der Waals surface area contributed by atoms with Crippen LogP contribution in [0.2, 0.25) is 0 Å². The summed E-state index contributed by atoms with van der Waals surface area (Å²) >= 11 is 15.0. The van der Waals surface area contributed by atoms with E-state index in [-0.39, 0.29) is 49.6 Å². The summed E-state index contributed by atoms with van der Waals surface area (Å²) in [6.45, 7) is 1.95. The minimum atomic E-state index is -2.08. The van der Waals surface area contributed by atoms with E-state index in [4.69, 9.17) is 27.9 Å². The van der Waals surface area contributed by atoms with E-state index in [1.54, 1.807) is 24.3 Å². The summed E-state index contributed by atoms with van der Waals surface area (Å²) in [7, 11) is 0. The van der Waals surface area contributed by atoms with Crippen molar-refractivity contribution in [3.05, 3.63) is 107 Å². The molecule has 1 saturated carbocycles. The van der Waals surface area contributed by atoms with Crippen LogP contribution < -0.4 is 9.64 Å². The van der Waals surface area contributed by atoms with Crippen LogP contribution >= 0.6 is 23.2 Å². The van der Waals surface area contributed by atoms with Crippen molar-refractivity contribution < 1.29 is 33.4 Å². The van der Waals surface area contributed by atoms with E-state index in [1.165, 1.54) is 22.6 Å². The average molecular weight is 747 g/mol. The van der Waals surface area contributed by atoms with Crippen LogP contribution in [0, 0.1) is 23.6 Å². The summed E-state index contributed by atoms with van der Waals surface area (Å²) in [6, 6.07) is 21.8. The molecule has 0 bridgehead atoms. The Morgan fingerprint density at radius 1 is 0.846 bits per heavy atom. The number of halogens is 3. The lowest BCUT2D eigenvalue weighted by atomic mass is 9.56. The van der Waals surface area contributed by atoms with E-state index in [1.807, 2.05) is 24.3 Å². The molecular weight excluding hydrogens is 708 g/mol. The maximum Gasteiger partial charge on any atom is 0.258 e. The number of aliphatic hydroxyl groups is 1. The molecule has 52 heavy (non-hydrogen) atoms. The van der Waals surface area contributed by atoms with Crippen LogP contribution in [-0.2, 0) is 25.7 Å². The minimum Gasteiger partial charge on any atom is -0.491 e. The van der Waals surface area contributed by atoms with Crippen molar-refractivity contribution in [2.24, 2.45) is 17.8 Å². The monoisotopic (exact) mass is 745 g/mol. The minimum absolute atomic E-state index is 0.0428. The Balaban J connectivity index is 1.16. The van der Waals surface area contributed by atoms with E-state index >= 15 is 0 Å². The molecule has 9 nitrogen and oxygen atoms in total. The normalized spacial score (nSPS) is 30.7. The lowest BCUT2D eigenvalue weighted by molar-refractivity contribution is -0.144. The molecule has 2 aliphatic carbocycles. The molecule has 1 N–H and O–H groups in total. The number of anilines is 1. The molecular formula is C40H38Cl2FN3O6. The highest BCUT2D eigenvalue weighted by Gasteiger charge is 2.77. The number of aliphatic hydroxyl groups excluding tert-OH is 1. The molecule has 8 rings (SSSR count). The van der Waals surface area contributed by atoms with Gasteiger partial charge in [0, 0.05) is 37.2 Å².